The van der Waals surface area contributed by atoms with Gasteiger partial charge in [0.1, 0.15) is 12.2 Å². The first-order chi connectivity index (χ1) is 27.3. The topological polar surface area (TPSA) is 132 Å². The number of unbranched alkanes of at least 4 members (excludes halogenated alkanes) is 15. The number of hydrogen-bond donors (Lipinski definition) is 3. The van der Waals surface area contributed by atoms with E-state index in [0.717, 1.165) is 57.8 Å². The second kappa shape index (κ2) is 42.5. The van der Waals surface area contributed by atoms with Crippen molar-refractivity contribution in [3.8, 4) is 0 Å². The molecule has 0 spiro atoms. The van der Waals surface area contributed by atoms with Crippen molar-refractivity contribution in [1.29, 1.82) is 0 Å². The van der Waals surface area contributed by atoms with Gasteiger partial charge in [0, 0.05) is 13.0 Å². The number of rotatable bonds is 41. The molecule has 3 N–H and O–H groups in total. The Bertz CT molecular complexity index is 1100. The van der Waals surface area contributed by atoms with Crippen molar-refractivity contribution in [2.45, 2.75) is 180 Å². The zero-order valence-electron chi connectivity index (χ0n) is 35.3. The van der Waals surface area contributed by atoms with Crippen molar-refractivity contribution in [2.24, 2.45) is 0 Å². The fourth-order valence-electron chi connectivity index (χ4n) is 5.56. The molecule has 324 valence electrons. The van der Waals surface area contributed by atoms with E-state index < -0.39 is 45.8 Å². The molecule has 0 rings (SSSR count). The molecule has 56 heavy (non-hydrogen) atoms. The maximum Gasteiger partial charge on any atom is 0.472 e. The molecule has 0 amide bonds. The number of phosphoric acid groups is 1. The normalized spacial score (nSPS) is 14.7. The van der Waals surface area contributed by atoms with E-state index in [1.165, 1.54) is 83.5 Å². The highest BCUT2D eigenvalue weighted by Crippen LogP contribution is 2.43. The average molecular weight is 809 g/mol. The molecule has 0 aromatic heterocycles. The Morgan fingerprint density at radius 3 is 1.55 bits per heavy atom. The summed E-state index contributed by atoms with van der Waals surface area (Å²) in [6.45, 7) is 3.31. The van der Waals surface area contributed by atoms with E-state index in [4.69, 9.17) is 23.6 Å². The van der Waals surface area contributed by atoms with Crippen LogP contribution < -0.4 is 0 Å². The third kappa shape index (κ3) is 41.5. The number of ether oxygens (including phenoxy) is 2. The van der Waals surface area contributed by atoms with Crippen LogP contribution >= 0.6 is 7.82 Å². The van der Waals surface area contributed by atoms with Gasteiger partial charge < -0.3 is 24.6 Å². The molecule has 3 unspecified atom stereocenters. The van der Waals surface area contributed by atoms with E-state index in [2.05, 4.69) is 80.7 Å². The van der Waals surface area contributed by atoms with Crippen molar-refractivity contribution in [3.63, 3.8) is 0 Å². The maximum absolute atomic E-state index is 12.6. The van der Waals surface area contributed by atoms with Crippen molar-refractivity contribution < 1.29 is 43.0 Å². The lowest BCUT2D eigenvalue weighted by molar-refractivity contribution is -0.154. The highest BCUT2D eigenvalue weighted by molar-refractivity contribution is 7.47. The van der Waals surface area contributed by atoms with E-state index in [0.29, 0.717) is 13.0 Å². The Hall–Kier alpha value is -2.10. The summed E-state index contributed by atoms with van der Waals surface area (Å²) in [5.74, 6) is -0.442. The van der Waals surface area contributed by atoms with E-state index in [-0.39, 0.29) is 13.0 Å². The summed E-state index contributed by atoms with van der Waals surface area (Å²) in [4.78, 5) is 22.6. The Morgan fingerprint density at radius 2 is 1.02 bits per heavy atom. The summed E-state index contributed by atoms with van der Waals surface area (Å²) in [6.07, 6.45) is 50.1. The highest BCUT2D eigenvalue weighted by Gasteiger charge is 2.26. The second-order valence-electron chi connectivity index (χ2n) is 14.3. The molecular weight excluding hydrogens is 727 g/mol. The molecule has 0 aliphatic carbocycles. The zero-order valence-corrected chi connectivity index (χ0v) is 36.2. The number of hydrogen-bond acceptors (Lipinski definition) is 8. The van der Waals surface area contributed by atoms with Crippen LogP contribution in [0.15, 0.2) is 72.9 Å². The van der Waals surface area contributed by atoms with Crippen molar-refractivity contribution in [3.05, 3.63) is 72.9 Å². The lowest BCUT2D eigenvalue weighted by Crippen LogP contribution is -2.29. The lowest BCUT2D eigenvalue weighted by Gasteiger charge is -2.20. The van der Waals surface area contributed by atoms with Crippen LogP contribution in [0.2, 0.25) is 0 Å². The van der Waals surface area contributed by atoms with Crippen LogP contribution in [0.25, 0.3) is 0 Å². The van der Waals surface area contributed by atoms with Crippen LogP contribution in [-0.4, -0.2) is 66.3 Å². The van der Waals surface area contributed by atoms with Gasteiger partial charge in [-0.2, -0.15) is 0 Å². The van der Waals surface area contributed by atoms with Crippen molar-refractivity contribution >= 4 is 13.8 Å². The van der Waals surface area contributed by atoms with E-state index in [1.54, 1.807) is 0 Å². The first-order valence-corrected chi connectivity index (χ1v) is 23.4. The van der Waals surface area contributed by atoms with Crippen LogP contribution in [0.5, 0.6) is 0 Å². The van der Waals surface area contributed by atoms with Crippen LogP contribution in [0.3, 0.4) is 0 Å². The third-order valence-electron chi connectivity index (χ3n) is 8.88. The molecule has 0 bridgehead atoms. The molecule has 0 fully saturated rings. The summed E-state index contributed by atoms with van der Waals surface area (Å²) < 4.78 is 33.3. The minimum Gasteiger partial charge on any atom is -0.457 e. The molecule has 3 atom stereocenters. The van der Waals surface area contributed by atoms with Crippen LogP contribution in [0, 0.1) is 0 Å². The summed E-state index contributed by atoms with van der Waals surface area (Å²) in [6, 6.07) is 0. The van der Waals surface area contributed by atoms with Crippen LogP contribution in [-0.2, 0) is 27.9 Å². The van der Waals surface area contributed by atoms with Gasteiger partial charge in [-0.1, -0.05) is 157 Å². The number of esters is 1. The van der Waals surface area contributed by atoms with Gasteiger partial charge >= 0.3 is 13.8 Å². The predicted octanol–water partition coefficient (Wildman–Crippen LogP) is 12.1. The SMILES string of the molecule is CC/C=C\C/C=C\C/C=C\C/C=C\C/C=C\CCCC(=O)OC(COCCCCCCCCCC/C=C\CCCCCCCC)COP(=O)(O)OCC(O)CO. The Kier molecular flexibility index (Phi) is 40.9. The third-order valence-corrected chi connectivity index (χ3v) is 9.83. The molecule has 9 nitrogen and oxygen atoms in total. The number of aliphatic hydroxyl groups is 2. The molecule has 0 aliphatic rings. The fraction of sp³-hybridized carbons (Fsp3) is 0.717. The van der Waals surface area contributed by atoms with Gasteiger partial charge in [-0.05, 0) is 77.0 Å². The molecule has 0 aromatic rings. The first kappa shape index (κ1) is 53.9. The summed E-state index contributed by atoms with van der Waals surface area (Å²) in [5.41, 5.74) is 0. The summed E-state index contributed by atoms with van der Waals surface area (Å²) in [5, 5.41) is 18.3. The molecule has 0 heterocycles. The van der Waals surface area contributed by atoms with Gasteiger partial charge in [0.05, 0.1) is 26.4 Å². The number of allylic oxidation sites excluding steroid dienone is 12. The standard InChI is InChI=1S/C46H81O9P/c1-3-5-7-9-11-13-15-17-19-21-23-25-27-29-31-33-35-37-39-52-42-45(43-54-56(50,51)53-41-44(48)40-47)55-46(49)38-36-34-32-30-28-26-24-22-20-18-16-14-12-10-8-6-4-2/h6,8,12,14,17-20,24,26,30,32,44-45,47-48H,3-5,7,9-11,13,15-16,21-23,25,27-29,31,33-43H2,1-2H3,(H,50,51)/b8-6-,14-12-,19-17-,20-18-,26-24-,32-30-. The molecule has 0 saturated carbocycles. The first-order valence-electron chi connectivity index (χ1n) is 21.9. The monoisotopic (exact) mass is 809 g/mol. The Balaban J connectivity index is 4.27. The van der Waals surface area contributed by atoms with Gasteiger partial charge in [-0.15, -0.1) is 0 Å². The fourth-order valence-corrected chi connectivity index (χ4v) is 6.35. The highest BCUT2D eigenvalue weighted by atomic mass is 31.2. The number of carbonyl (C=O) groups excluding carboxylic acids is 1. The van der Waals surface area contributed by atoms with Crippen molar-refractivity contribution in [2.75, 3.05) is 33.0 Å². The van der Waals surface area contributed by atoms with E-state index in [1.807, 2.05) is 6.08 Å². The largest absolute Gasteiger partial charge is 0.472 e. The average Bonchev–Trinajstić information content (AvgIpc) is 3.19. The molecule has 0 radical (unpaired) electrons. The quantitative estimate of drug-likeness (QED) is 0.0239. The van der Waals surface area contributed by atoms with E-state index >= 15 is 0 Å². The van der Waals surface area contributed by atoms with Gasteiger partial charge in [0.25, 0.3) is 0 Å². The predicted molar refractivity (Wildman–Crippen MR) is 233 cm³/mol. The van der Waals surface area contributed by atoms with Gasteiger partial charge in [-0.3, -0.25) is 13.8 Å². The van der Waals surface area contributed by atoms with Crippen LogP contribution in [0.4, 0.5) is 0 Å². The van der Waals surface area contributed by atoms with Gasteiger partial charge in [-0.25, -0.2) is 4.57 Å². The molecule has 0 aromatic carbocycles. The number of carbonyl (C=O) groups is 1. The Morgan fingerprint density at radius 1 is 0.571 bits per heavy atom. The second-order valence-corrected chi connectivity index (χ2v) is 15.8. The Labute approximate surface area is 342 Å². The molecule has 10 heteroatoms. The minimum absolute atomic E-state index is 0.0210. The van der Waals surface area contributed by atoms with Crippen molar-refractivity contribution in [1.82, 2.24) is 0 Å². The van der Waals surface area contributed by atoms with Crippen LogP contribution in [0.1, 0.15) is 168 Å². The van der Waals surface area contributed by atoms with Gasteiger partial charge in [0.15, 0.2) is 0 Å². The number of phosphoric ester groups is 1. The van der Waals surface area contributed by atoms with E-state index in [9.17, 15) is 19.4 Å². The summed E-state index contributed by atoms with van der Waals surface area (Å²) in [7, 11) is -4.54. The minimum atomic E-state index is -4.54. The zero-order chi connectivity index (χ0) is 41.1. The smallest absolute Gasteiger partial charge is 0.457 e. The molecule has 0 saturated heterocycles. The molecular formula is C46H81O9P. The number of aliphatic hydroxyl groups excluding tert-OH is 2. The maximum atomic E-state index is 12.6. The van der Waals surface area contributed by atoms with Gasteiger partial charge in [0.2, 0.25) is 0 Å². The lowest BCUT2D eigenvalue weighted by atomic mass is 10.1. The molecule has 0 aliphatic heterocycles. The summed E-state index contributed by atoms with van der Waals surface area (Å²) >= 11 is 0.